The van der Waals surface area contributed by atoms with Crippen molar-refractivity contribution >= 4 is 11.9 Å². The molecule has 0 unspecified atom stereocenters. The molecule has 0 radical (unpaired) electrons. The van der Waals surface area contributed by atoms with Crippen LogP contribution in [0.5, 0.6) is 0 Å². The van der Waals surface area contributed by atoms with Crippen molar-refractivity contribution in [3.05, 3.63) is 35.9 Å². The van der Waals surface area contributed by atoms with E-state index in [-0.39, 0.29) is 49.0 Å². The second kappa shape index (κ2) is 25.2. The van der Waals surface area contributed by atoms with Gasteiger partial charge in [0.2, 0.25) is 0 Å². The van der Waals surface area contributed by atoms with E-state index in [0.717, 1.165) is 12.8 Å². The number of benzene rings is 1. The van der Waals surface area contributed by atoms with Crippen molar-refractivity contribution in [1.82, 2.24) is 0 Å². The predicted octanol–water partition coefficient (Wildman–Crippen LogP) is 1.91. The molecule has 0 saturated heterocycles. The van der Waals surface area contributed by atoms with Crippen molar-refractivity contribution in [2.24, 2.45) is 0 Å². The first-order valence-corrected chi connectivity index (χ1v) is 10.5. The van der Waals surface area contributed by atoms with Crippen LogP contribution in [0.1, 0.15) is 115 Å². The summed E-state index contributed by atoms with van der Waals surface area (Å²) >= 11 is 0. The van der Waals surface area contributed by atoms with Crippen molar-refractivity contribution in [3.8, 4) is 0 Å². The Morgan fingerprint density at radius 1 is 0.690 bits per heavy atom. The number of aliphatic carboxylic acids is 1. The van der Waals surface area contributed by atoms with Gasteiger partial charge in [-0.3, -0.25) is 0 Å². The molecule has 0 aliphatic rings. The molecule has 5 heteroatoms. The molecular formula is C24H40NaO4-. The molecule has 0 aliphatic carbocycles. The molecule has 0 spiro atoms. The molecule has 1 rings (SSSR count). The summed E-state index contributed by atoms with van der Waals surface area (Å²) in [4.78, 5) is 20.3. The van der Waals surface area contributed by atoms with E-state index in [1.807, 2.05) is 0 Å². The first-order valence-electron chi connectivity index (χ1n) is 10.5. The number of aromatic carboxylic acids is 1. The van der Waals surface area contributed by atoms with Gasteiger partial charge in [0.05, 0.1) is 5.97 Å². The van der Waals surface area contributed by atoms with Crippen LogP contribution in [0, 0.1) is 0 Å². The zero-order valence-corrected chi connectivity index (χ0v) is 19.9. The Morgan fingerprint density at radius 3 is 1.38 bits per heavy atom. The predicted molar refractivity (Wildman–Crippen MR) is 113 cm³/mol. The number of carboxylic acids is 2. The fourth-order valence-corrected chi connectivity index (χ4v) is 2.86. The number of rotatable bonds is 15. The zero-order valence-electron chi connectivity index (χ0n) is 17.9. The number of hydrogen-bond acceptors (Lipinski definition) is 4. The van der Waals surface area contributed by atoms with Gasteiger partial charge in [0.15, 0.2) is 0 Å². The van der Waals surface area contributed by atoms with Gasteiger partial charge in [-0.25, -0.2) is 0 Å². The summed E-state index contributed by atoms with van der Waals surface area (Å²) < 4.78 is 0. The quantitative estimate of drug-likeness (QED) is 0.324. The third kappa shape index (κ3) is 25.1. The first-order chi connectivity index (χ1) is 13.1. The molecule has 1 aromatic rings. The van der Waals surface area contributed by atoms with Crippen LogP contribution >= 0.6 is 0 Å². The summed E-state index contributed by atoms with van der Waals surface area (Å²) in [6.07, 6.45) is 16.9. The normalized spacial score (nSPS) is 9.41. The van der Waals surface area contributed by atoms with Crippen molar-refractivity contribution in [3.63, 3.8) is 0 Å². The molecule has 0 saturated carbocycles. The van der Waals surface area contributed by atoms with E-state index < -0.39 is 11.9 Å². The van der Waals surface area contributed by atoms with Gasteiger partial charge >= 0.3 is 29.6 Å². The number of hydrogen-bond donors (Lipinski definition) is 0. The van der Waals surface area contributed by atoms with Crippen molar-refractivity contribution in [1.29, 1.82) is 0 Å². The van der Waals surface area contributed by atoms with Crippen molar-refractivity contribution < 1.29 is 49.4 Å². The number of unbranched alkanes of at least 4 members (excludes halogenated alkanes) is 12. The summed E-state index contributed by atoms with van der Waals surface area (Å²) in [5, 5.41) is 20.3. The minimum Gasteiger partial charge on any atom is -0.550 e. The van der Waals surface area contributed by atoms with E-state index >= 15 is 0 Å². The Bertz CT molecular complexity index is 477. The largest absolute Gasteiger partial charge is 1.00 e. The summed E-state index contributed by atoms with van der Waals surface area (Å²) in [6.45, 7) is 2.26. The molecule has 29 heavy (non-hydrogen) atoms. The van der Waals surface area contributed by atoms with Gasteiger partial charge in [-0.2, -0.15) is 0 Å². The van der Waals surface area contributed by atoms with Crippen LogP contribution in [0.4, 0.5) is 0 Å². The molecule has 4 nitrogen and oxygen atoms in total. The Morgan fingerprint density at radius 2 is 1.07 bits per heavy atom. The van der Waals surface area contributed by atoms with Gasteiger partial charge < -0.3 is 19.8 Å². The Kier molecular flexibility index (Phi) is 28.5. The monoisotopic (exact) mass is 415 g/mol. The fraction of sp³-hybridized carbons (Fsp3) is 0.667. The van der Waals surface area contributed by atoms with E-state index in [1.54, 1.807) is 18.2 Å². The second-order valence-electron chi connectivity index (χ2n) is 7.02. The maximum absolute atomic E-state index is 10.2. The average molecular weight is 416 g/mol. The Hall–Kier alpha value is -0.840. The maximum atomic E-state index is 10.2. The number of carboxylic acid groups (broad SMARTS) is 2. The molecule has 0 aromatic heterocycles. The first kappa shape index (κ1) is 32.8. The molecule has 0 N–H and O–H groups in total. The topological polar surface area (TPSA) is 80.3 Å². The van der Waals surface area contributed by atoms with E-state index in [2.05, 4.69) is 6.92 Å². The van der Waals surface area contributed by atoms with Crippen LogP contribution in [0.15, 0.2) is 30.3 Å². The van der Waals surface area contributed by atoms with E-state index in [4.69, 9.17) is 0 Å². The molecule has 0 bridgehead atoms. The van der Waals surface area contributed by atoms with Crippen LogP contribution in [0.25, 0.3) is 0 Å². The van der Waals surface area contributed by atoms with Gasteiger partial charge in [0.25, 0.3) is 0 Å². The summed E-state index contributed by atoms with van der Waals surface area (Å²) in [5.41, 5.74) is 0.220. The van der Waals surface area contributed by atoms with Gasteiger partial charge in [0, 0.05) is 5.97 Å². The van der Waals surface area contributed by atoms with Crippen LogP contribution in [-0.2, 0) is 4.79 Å². The van der Waals surface area contributed by atoms with Gasteiger partial charge in [-0.15, -0.1) is 0 Å². The molecule has 0 fully saturated rings. The van der Waals surface area contributed by atoms with Crippen LogP contribution in [0.2, 0.25) is 0 Å². The molecule has 0 atom stereocenters. The molecule has 162 valence electrons. The van der Waals surface area contributed by atoms with Crippen molar-refractivity contribution in [2.75, 3.05) is 0 Å². The smallest absolute Gasteiger partial charge is 0.550 e. The zero-order chi connectivity index (χ0) is 20.2. The molecule has 0 amide bonds. The third-order valence-corrected chi connectivity index (χ3v) is 4.49. The van der Waals surface area contributed by atoms with Gasteiger partial charge in [0.1, 0.15) is 0 Å². The number of carbonyl (C=O) groups is 2. The standard InChI is InChI=1S/C16H32O2.C7H6O2.CH4.Na/c1-2-3-4-5-6-7-8-9-10-11-12-13-14-15-16(17)18;8-7(9)6-4-2-1-3-5-6;;/h2-15H2,1H3,(H,17,18);1-5H,(H,8,9);1H4;/q;;;+1/p-2. The molecule has 1 aromatic carbocycles. The second-order valence-corrected chi connectivity index (χ2v) is 7.02. The van der Waals surface area contributed by atoms with Crippen LogP contribution in [0.3, 0.4) is 0 Å². The average Bonchev–Trinajstić information content (AvgIpc) is 2.66. The maximum Gasteiger partial charge on any atom is 1.00 e. The van der Waals surface area contributed by atoms with Crippen LogP contribution < -0.4 is 39.8 Å². The summed E-state index contributed by atoms with van der Waals surface area (Å²) in [6, 6.07) is 8.06. The summed E-state index contributed by atoms with van der Waals surface area (Å²) in [5.74, 6) is -2.03. The Balaban J connectivity index is -0.000000519. The molecular weight excluding hydrogens is 375 g/mol. The summed E-state index contributed by atoms with van der Waals surface area (Å²) in [7, 11) is 0. The van der Waals surface area contributed by atoms with Crippen molar-refractivity contribution in [2.45, 2.75) is 104 Å². The minimum absolute atomic E-state index is 0. The van der Waals surface area contributed by atoms with Gasteiger partial charge in [-0.05, 0) is 18.4 Å². The van der Waals surface area contributed by atoms with Crippen LogP contribution in [-0.4, -0.2) is 11.9 Å². The van der Waals surface area contributed by atoms with Gasteiger partial charge in [-0.1, -0.05) is 122 Å². The third-order valence-electron chi connectivity index (χ3n) is 4.49. The van der Waals surface area contributed by atoms with E-state index in [9.17, 15) is 19.8 Å². The minimum atomic E-state index is -1.13. The SMILES string of the molecule is C.CCCCCCCCCCCCCCCC(=O)[O-].O=C([O-])c1ccccc1.[Na+]. The number of carbonyl (C=O) groups excluding carboxylic acids is 2. The Labute approximate surface area is 200 Å². The molecule has 0 heterocycles. The fourth-order valence-electron chi connectivity index (χ4n) is 2.86. The van der Waals surface area contributed by atoms with E-state index in [0.29, 0.717) is 0 Å². The van der Waals surface area contributed by atoms with E-state index in [1.165, 1.54) is 82.8 Å². The molecule has 0 aliphatic heterocycles.